The van der Waals surface area contributed by atoms with Crippen molar-refractivity contribution in [2.45, 2.75) is 18.8 Å². The molecule has 0 unspecified atom stereocenters. The molecule has 1 aliphatic rings. The second-order valence-corrected chi connectivity index (χ2v) is 7.69. The van der Waals surface area contributed by atoms with Gasteiger partial charge in [-0.1, -0.05) is 12.1 Å². The number of H-pyrrole nitrogens is 2. The molecule has 4 heterocycles. The Kier molecular flexibility index (Phi) is 4.01. The third-order valence-electron chi connectivity index (χ3n) is 5.13. The molecule has 27 heavy (non-hydrogen) atoms. The molecule has 1 atom stereocenters. The maximum Gasteiger partial charge on any atom is 0.271 e. The van der Waals surface area contributed by atoms with Crippen molar-refractivity contribution in [3.05, 3.63) is 58.7 Å². The zero-order chi connectivity index (χ0) is 18.2. The number of hydrogen-bond acceptors (Lipinski definition) is 4. The number of thiophene rings is 1. The van der Waals surface area contributed by atoms with Crippen LogP contribution >= 0.6 is 11.3 Å². The van der Waals surface area contributed by atoms with Crippen LogP contribution in [-0.4, -0.2) is 44.1 Å². The summed E-state index contributed by atoms with van der Waals surface area (Å²) in [6.07, 6.45) is 2.01. The van der Waals surface area contributed by atoms with Crippen molar-refractivity contribution in [2.75, 3.05) is 13.1 Å². The monoisotopic (exact) mass is 377 g/mol. The van der Waals surface area contributed by atoms with Crippen LogP contribution in [0.2, 0.25) is 0 Å². The smallest absolute Gasteiger partial charge is 0.271 e. The number of aromatic amines is 2. The molecule has 136 valence electrons. The SMILES string of the molecule is O=C(c1cc(-c2ccsc2)n[nH]1)N1CCC[C@@H](c2nc3ccccc3[nH]2)C1. The lowest BCUT2D eigenvalue weighted by molar-refractivity contribution is 0.0699. The summed E-state index contributed by atoms with van der Waals surface area (Å²) in [6.45, 7) is 1.44. The van der Waals surface area contributed by atoms with Crippen molar-refractivity contribution in [3.8, 4) is 11.3 Å². The molecular weight excluding hydrogens is 358 g/mol. The molecule has 7 heteroatoms. The van der Waals surface area contributed by atoms with Crippen LogP contribution in [-0.2, 0) is 0 Å². The number of carbonyl (C=O) groups is 1. The first-order valence-corrected chi connectivity index (χ1v) is 10.0. The molecule has 0 spiro atoms. The molecule has 0 bridgehead atoms. The number of nitrogens with one attached hydrogen (secondary N) is 2. The molecule has 1 amide bonds. The Hall–Kier alpha value is -2.93. The van der Waals surface area contributed by atoms with Crippen molar-refractivity contribution in [2.24, 2.45) is 0 Å². The van der Waals surface area contributed by atoms with E-state index in [2.05, 4.69) is 15.2 Å². The Morgan fingerprint density at radius 2 is 2.19 bits per heavy atom. The van der Waals surface area contributed by atoms with E-state index in [4.69, 9.17) is 4.98 Å². The first kappa shape index (κ1) is 16.3. The summed E-state index contributed by atoms with van der Waals surface area (Å²) in [5, 5.41) is 11.2. The van der Waals surface area contributed by atoms with Crippen LogP contribution in [0.3, 0.4) is 0 Å². The second-order valence-electron chi connectivity index (χ2n) is 6.91. The summed E-state index contributed by atoms with van der Waals surface area (Å²) in [5.74, 6) is 1.21. The number of benzene rings is 1. The van der Waals surface area contributed by atoms with Gasteiger partial charge in [0, 0.05) is 30.0 Å². The summed E-state index contributed by atoms with van der Waals surface area (Å²) in [6, 6.07) is 11.9. The molecular formula is C20H19N5OS. The van der Waals surface area contributed by atoms with E-state index < -0.39 is 0 Å². The number of likely N-dealkylation sites (tertiary alicyclic amines) is 1. The van der Waals surface area contributed by atoms with E-state index >= 15 is 0 Å². The molecule has 0 saturated carbocycles. The lowest BCUT2D eigenvalue weighted by Crippen LogP contribution is -2.39. The minimum atomic E-state index is 0.00444. The summed E-state index contributed by atoms with van der Waals surface area (Å²) < 4.78 is 0. The van der Waals surface area contributed by atoms with Crippen molar-refractivity contribution < 1.29 is 4.79 Å². The maximum atomic E-state index is 13.0. The van der Waals surface area contributed by atoms with E-state index in [-0.39, 0.29) is 11.8 Å². The van der Waals surface area contributed by atoms with Gasteiger partial charge < -0.3 is 9.88 Å². The first-order valence-electron chi connectivity index (χ1n) is 9.10. The lowest BCUT2D eigenvalue weighted by atomic mass is 9.97. The Morgan fingerprint density at radius 3 is 3.04 bits per heavy atom. The minimum absolute atomic E-state index is 0.00444. The highest BCUT2D eigenvalue weighted by molar-refractivity contribution is 7.08. The number of hydrogen-bond donors (Lipinski definition) is 2. The van der Waals surface area contributed by atoms with Crippen LogP contribution in [0.15, 0.2) is 47.2 Å². The van der Waals surface area contributed by atoms with Crippen molar-refractivity contribution >= 4 is 28.3 Å². The lowest BCUT2D eigenvalue weighted by Gasteiger charge is -2.31. The average Bonchev–Trinajstić information content (AvgIpc) is 3.47. The van der Waals surface area contributed by atoms with E-state index in [0.717, 1.165) is 47.5 Å². The number of imidazole rings is 1. The highest BCUT2D eigenvalue weighted by Crippen LogP contribution is 2.28. The minimum Gasteiger partial charge on any atom is -0.342 e. The topological polar surface area (TPSA) is 77.7 Å². The van der Waals surface area contributed by atoms with Crippen molar-refractivity contribution in [1.82, 2.24) is 25.1 Å². The van der Waals surface area contributed by atoms with Gasteiger partial charge >= 0.3 is 0 Å². The van der Waals surface area contributed by atoms with Crippen LogP contribution < -0.4 is 0 Å². The fourth-order valence-corrected chi connectivity index (χ4v) is 4.36. The normalized spacial score (nSPS) is 17.5. The van der Waals surface area contributed by atoms with Gasteiger partial charge in [0.1, 0.15) is 11.5 Å². The van der Waals surface area contributed by atoms with Crippen LogP contribution in [0.1, 0.15) is 35.1 Å². The summed E-state index contributed by atoms with van der Waals surface area (Å²) in [4.78, 5) is 23.0. The number of amides is 1. The molecule has 2 N–H and O–H groups in total. The number of para-hydroxylation sites is 2. The molecule has 1 aromatic carbocycles. The Bertz CT molecular complexity index is 1050. The fourth-order valence-electron chi connectivity index (χ4n) is 3.71. The third-order valence-corrected chi connectivity index (χ3v) is 5.81. The molecule has 4 aromatic rings. The van der Waals surface area contributed by atoms with E-state index in [1.165, 1.54) is 0 Å². The second kappa shape index (κ2) is 6.66. The fraction of sp³-hybridized carbons (Fsp3) is 0.250. The predicted octanol–water partition coefficient (Wildman–Crippen LogP) is 4.03. The summed E-state index contributed by atoms with van der Waals surface area (Å²) in [7, 11) is 0. The van der Waals surface area contributed by atoms with E-state index in [1.807, 2.05) is 52.1 Å². The summed E-state index contributed by atoms with van der Waals surface area (Å²) >= 11 is 1.62. The Labute approximate surface area is 160 Å². The molecule has 1 fully saturated rings. The average molecular weight is 377 g/mol. The number of carbonyl (C=O) groups excluding carboxylic acids is 1. The van der Waals surface area contributed by atoms with Crippen LogP contribution in [0.4, 0.5) is 0 Å². The van der Waals surface area contributed by atoms with E-state index in [0.29, 0.717) is 12.2 Å². The molecule has 5 rings (SSSR count). The number of rotatable bonds is 3. The standard InChI is InChI=1S/C20H19N5OS/c26-20(18-10-17(23-24-18)14-7-9-27-12-14)25-8-3-4-13(11-25)19-21-15-5-1-2-6-16(15)22-19/h1-2,5-7,9-10,12-13H,3-4,8,11H2,(H,21,22)(H,23,24)/t13-/m1/s1. The maximum absolute atomic E-state index is 13.0. The van der Waals surface area contributed by atoms with Gasteiger partial charge in [0.2, 0.25) is 0 Å². The van der Waals surface area contributed by atoms with Crippen LogP contribution in [0.5, 0.6) is 0 Å². The number of piperidine rings is 1. The molecule has 6 nitrogen and oxygen atoms in total. The first-order chi connectivity index (χ1) is 13.3. The van der Waals surface area contributed by atoms with Crippen LogP contribution in [0, 0.1) is 0 Å². The van der Waals surface area contributed by atoms with Gasteiger partial charge in [-0.25, -0.2) is 4.98 Å². The molecule has 0 aliphatic carbocycles. The molecule has 3 aromatic heterocycles. The zero-order valence-corrected chi connectivity index (χ0v) is 15.5. The van der Waals surface area contributed by atoms with Gasteiger partial charge in [-0.15, -0.1) is 0 Å². The molecule has 1 aliphatic heterocycles. The van der Waals surface area contributed by atoms with E-state index in [9.17, 15) is 4.79 Å². The van der Waals surface area contributed by atoms with Crippen LogP contribution in [0.25, 0.3) is 22.3 Å². The van der Waals surface area contributed by atoms with Gasteiger partial charge in [0.15, 0.2) is 0 Å². The molecule has 0 radical (unpaired) electrons. The zero-order valence-electron chi connectivity index (χ0n) is 14.7. The van der Waals surface area contributed by atoms with Gasteiger partial charge in [-0.2, -0.15) is 16.4 Å². The number of aromatic nitrogens is 4. The Morgan fingerprint density at radius 1 is 1.26 bits per heavy atom. The van der Waals surface area contributed by atoms with E-state index in [1.54, 1.807) is 11.3 Å². The highest BCUT2D eigenvalue weighted by Gasteiger charge is 2.28. The van der Waals surface area contributed by atoms with Crippen molar-refractivity contribution in [3.63, 3.8) is 0 Å². The van der Waals surface area contributed by atoms with Gasteiger partial charge in [-0.3, -0.25) is 9.89 Å². The molecule has 1 saturated heterocycles. The highest BCUT2D eigenvalue weighted by atomic mass is 32.1. The number of fused-ring (bicyclic) bond motifs is 1. The number of nitrogens with zero attached hydrogens (tertiary/aromatic N) is 3. The third kappa shape index (κ3) is 3.04. The Balaban J connectivity index is 1.35. The van der Waals surface area contributed by atoms with Crippen molar-refractivity contribution in [1.29, 1.82) is 0 Å². The summed E-state index contributed by atoms with van der Waals surface area (Å²) in [5.41, 5.74) is 4.41. The van der Waals surface area contributed by atoms with Gasteiger partial charge in [0.25, 0.3) is 5.91 Å². The predicted molar refractivity (Wildman–Crippen MR) is 106 cm³/mol. The quantitative estimate of drug-likeness (QED) is 0.566. The van der Waals surface area contributed by atoms with Gasteiger partial charge in [-0.05, 0) is 42.5 Å². The van der Waals surface area contributed by atoms with Gasteiger partial charge in [0.05, 0.1) is 16.7 Å². The largest absolute Gasteiger partial charge is 0.342 e.